The summed E-state index contributed by atoms with van der Waals surface area (Å²) in [5.74, 6) is -0.766. The number of halogens is 4. The molecule has 0 saturated carbocycles. The highest BCUT2D eigenvalue weighted by molar-refractivity contribution is 9.10. The van der Waals surface area contributed by atoms with Crippen LogP contribution in [0.15, 0.2) is 40.9 Å². The Bertz CT molecular complexity index is 634. The zero-order chi connectivity index (χ0) is 15.4. The molecule has 2 rings (SSSR count). The van der Waals surface area contributed by atoms with Crippen molar-refractivity contribution < 1.29 is 8.78 Å². The van der Waals surface area contributed by atoms with Gasteiger partial charge in [-0.1, -0.05) is 52.7 Å². The molecule has 2 aromatic carbocycles. The molecule has 0 fully saturated rings. The van der Waals surface area contributed by atoms with Crippen molar-refractivity contribution in [3.8, 4) is 0 Å². The third-order valence-corrected chi connectivity index (χ3v) is 4.03. The second-order valence-electron chi connectivity index (χ2n) is 4.69. The summed E-state index contributed by atoms with van der Waals surface area (Å²) in [5.41, 5.74) is 0.982. The van der Waals surface area contributed by atoms with Gasteiger partial charge >= 0.3 is 0 Å². The van der Waals surface area contributed by atoms with Crippen LogP contribution in [0.4, 0.5) is 8.78 Å². The first-order valence-corrected chi connectivity index (χ1v) is 7.81. The zero-order valence-electron chi connectivity index (χ0n) is 11.5. The Kier molecular flexibility index (Phi) is 5.73. The van der Waals surface area contributed by atoms with Crippen molar-refractivity contribution >= 4 is 27.5 Å². The minimum absolute atomic E-state index is 0.0824. The predicted molar refractivity (Wildman–Crippen MR) is 85.6 cm³/mol. The Hall–Kier alpha value is -0.970. The molecule has 2 aromatic rings. The van der Waals surface area contributed by atoms with E-state index in [1.54, 1.807) is 24.3 Å². The zero-order valence-corrected chi connectivity index (χ0v) is 13.8. The summed E-state index contributed by atoms with van der Waals surface area (Å²) in [7, 11) is 0. The third-order valence-electron chi connectivity index (χ3n) is 3.24. The van der Waals surface area contributed by atoms with E-state index in [-0.39, 0.29) is 16.9 Å². The monoisotopic (exact) mass is 373 g/mol. The van der Waals surface area contributed by atoms with Crippen molar-refractivity contribution in [3.63, 3.8) is 0 Å². The minimum Gasteiger partial charge on any atom is -0.310 e. The normalized spacial score (nSPS) is 12.4. The Morgan fingerprint density at radius 3 is 2.67 bits per heavy atom. The van der Waals surface area contributed by atoms with Gasteiger partial charge in [0.15, 0.2) is 0 Å². The molecule has 0 aliphatic rings. The molecule has 0 aromatic heterocycles. The number of nitrogens with one attached hydrogen (secondary N) is 1. The fourth-order valence-corrected chi connectivity index (χ4v) is 2.78. The fourth-order valence-electron chi connectivity index (χ4n) is 2.25. The first-order valence-electron chi connectivity index (χ1n) is 6.64. The maximum atomic E-state index is 14.1. The summed E-state index contributed by atoms with van der Waals surface area (Å²) >= 11 is 9.03. The molecule has 0 saturated heterocycles. The maximum absolute atomic E-state index is 14.1. The van der Waals surface area contributed by atoms with Gasteiger partial charge in [-0.2, -0.15) is 0 Å². The van der Waals surface area contributed by atoms with Crippen molar-refractivity contribution in [2.45, 2.75) is 19.4 Å². The molecule has 1 unspecified atom stereocenters. The van der Waals surface area contributed by atoms with Gasteiger partial charge in [0.25, 0.3) is 0 Å². The summed E-state index contributed by atoms with van der Waals surface area (Å²) in [5, 5.41) is 3.27. The van der Waals surface area contributed by atoms with E-state index in [0.717, 1.165) is 0 Å². The SMILES string of the molecule is CCNC(Cc1cccc(Cl)c1F)c1ccc(Br)cc1F. The number of hydrogen-bond donors (Lipinski definition) is 1. The van der Waals surface area contributed by atoms with Crippen LogP contribution in [-0.2, 0) is 6.42 Å². The molecule has 5 heteroatoms. The Morgan fingerprint density at radius 2 is 2.00 bits per heavy atom. The Labute approximate surface area is 136 Å². The van der Waals surface area contributed by atoms with Crippen LogP contribution in [0.5, 0.6) is 0 Å². The smallest absolute Gasteiger partial charge is 0.145 e. The van der Waals surface area contributed by atoms with Gasteiger partial charge in [0.2, 0.25) is 0 Å². The second-order valence-corrected chi connectivity index (χ2v) is 6.02. The van der Waals surface area contributed by atoms with Gasteiger partial charge in [0.05, 0.1) is 5.02 Å². The van der Waals surface area contributed by atoms with Gasteiger partial charge in [-0.25, -0.2) is 8.78 Å². The average Bonchev–Trinajstić information content (AvgIpc) is 2.43. The highest BCUT2D eigenvalue weighted by Crippen LogP contribution is 2.27. The Balaban J connectivity index is 2.33. The summed E-state index contributed by atoms with van der Waals surface area (Å²) in [4.78, 5) is 0. The fraction of sp³-hybridized carbons (Fsp3) is 0.250. The van der Waals surface area contributed by atoms with Gasteiger partial charge in [0.1, 0.15) is 11.6 Å². The number of benzene rings is 2. The first-order chi connectivity index (χ1) is 10.0. The molecular formula is C16H15BrClF2N. The van der Waals surface area contributed by atoms with Crippen LogP contribution in [0.25, 0.3) is 0 Å². The van der Waals surface area contributed by atoms with Crippen molar-refractivity contribution in [1.29, 1.82) is 0 Å². The van der Waals surface area contributed by atoms with Crippen LogP contribution in [0.2, 0.25) is 5.02 Å². The van der Waals surface area contributed by atoms with Crippen molar-refractivity contribution in [2.75, 3.05) is 6.54 Å². The van der Waals surface area contributed by atoms with Crippen LogP contribution in [0.3, 0.4) is 0 Å². The lowest BCUT2D eigenvalue weighted by molar-refractivity contribution is 0.498. The van der Waals surface area contributed by atoms with Crippen LogP contribution in [0.1, 0.15) is 24.1 Å². The first kappa shape index (κ1) is 16.4. The van der Waals surface area contributed by atoms with E-state index in [1.807, 2.05) is 6.92 Å². The van der Waals surface area contributed by atoms with Gasteiger partial charge in [0, 0.05) is 16.1 Å². The molecule has 0 aliphatic heterocycles. The molecule has 1 N–H and O–H groups in total. The van der Waals surface area contributed by atoms with E-state index in [4.69, 9.17) is 11.6 Å². The molecule has 1 nitrogen and oxygen atoms in total. The second kappa shape index (κ2) is 7.34. The molecular weight excluding hydrogens is 360 g/mol. The van der Waals surface area contributed by atoms with E-state index in [2.05, 4.69) is 21.2 Å². The highest BCUT2D eigenvalue weighted by atomic mass is 79.9. The molecule has 112 valence electrons. The average molecular weight is 375 g/mol. The largest absolute Gasteiger partial charge is 0.310 e. The molecule has 0 heterocycles. The standard InChI is InChI=1S/C16H15BrClF2N/c1-2-21-15(12-7-6-11(17)9-14(12)19)8-10-4-3-5-13(18)16(10)20/h3-7,9,15,21H,2,8H2,1H3. The van der Waals surface area contributed by atoms with E-state index >= 15 is 0 Å². The summed E-state index contributed by atoms with van der Waals surface area (Å²) < 4.78 is 28.8. The quantitative estimate of drug-likeness (QED) is 0.751. The van der Waals surface area contributed by atoms with Crippen LogP contribution in [-0.4, -0.2) is 6.54 Å². The number of likely N-dealkylation sites (N-methyl/N-ethyl adjacent to an activating group) is 1. The molecule has 0 amide bonds. The van der Waals surface area contributed by atoms with Crippen LogP contribution < -0.4 is 5.32 Å². The van der Waals surface area contributed by atoms with Gasteiger partial charge in [-0.3, -0.25) is 0 Å². The van der Waals surface area contributed by atoms with E-state index in [1.165, 1.54) is 12.1 Å². The topological polar surface area (TPSA) is 12.0 Å². The third kappa shape index (κ3) is 4.02. The van der Waals surface area contributed by atoms with E-state index in [0.29, 0.717) is 28.6 Å². The molecule has 1 atom stereocenters. The maximum Gasteiger partial charge on any atom is 0.145 e. The van der Waals surface area contributed by atoms with Crippen molar-refractivity contribution in [3.05, 3.63) is 68.7 Å². The highest BCUT2D eigenvalue weighted by Gasteiger charge is 2.18. The minimum atomic E-state index is -0.445. The number of hydrogen-bond acceptors (Lipinski definition) is 1. The molecule has 0 bridgehead atoms. The predicted octanol–water partition coefficient (Wildman–Crippen LogP) is 5.27. The summed E-state index contributed by atoms with van der Waals surface area (Å²) in [6.45, 7) is 2.58. The van der Waals surface area contributed by atoms with E-state index in [9.17, 15) is 8.78 Å². The lowest BCUT2D eigenvalue weighted by Crippen LogP contribution is -2.24. The summed E-state index contributed by atoms with van der Waals surface area (Å²) in [6.07, 6.45) is 0.332. The van der Waals surface area contributed by atoms with Crippen LogP contribution >= 0.6 is 27.5 Å². The molecule has 0 spiro atoms. The Morgan fingerprint density at radius 1 is 1.24 bits per heavy atom. The molecule has 0 aliphatic carbocycles. The van der Waals surface area contributed by atoms with Gasteiger partial charge in [-0.15, -0.1) is 0 Å². The van der Waals surface area contributed by atoms with Crippen LogP contribution in [0, 0.1) is 11.6 Å². The summed E-state index contributed by atoms with van der Waals surface area (Å²) in [6, 6.07) is 9.45. The molecule has 0 radical (unpaired) electrons. The number of rotatable bonds is 5. The van der Waals surface area contributed by atoms with E-state index < -0.39 is 5.82 Å². The lowest BCUT2D eigenvalue weighted by atomic mass is 9.98. The van der Waals surface area contributed by atoms with Crippen molar-refractivity contribution in [1.82, 2.24) is 5.32 Å². The van der Waals surface area contributed by atoms with Gasteiger partial charge in [-0.05, 0) is 36.7 Å². The lowest BCUT2D eigenvalue weighted by Gasteiger charge is -2.20. The van der Waals surface area contributed by atoms with Crippen molar-refractivity contribution in [2.24, 2.45) is 0 Å². The molecule has 21 heavy (non-hydrogen) atoms. The van der Waals surface area contributed by atoms with Gasteiger partial charge < -0.3 is 5.32 Å².